The maximum absolute atomic E-state index is 12.0. The van der Waals surface area contributed by atoms with Gasteiger partial charge in [0.1, 0.15) is 0 Å². The Kier molecular flexibility index (Phi) is 4.10. The topological polar surface area (TPSA) is 58.2 Å². The number of hydrogen-bond acceptors (Lipinski definition) is 3. The molecule has 2 fully saturated rings. The molecule has 2 aliphatic rings. The van der Waals surface area contributed by atoms with Crippen LogP contribution >= 0.6 is 0 Å². The molecule has 1 aliphatic carbocycles. The van der Waals surface area contributed by atoms with Crippen LogP contribution < -0.4 is 10.0 Å². The first-order valence-corrected chi connectivity index (χ1v) is 8.32. The Bertz CT molecular complexity index is 344. The van der Waals surface area contributed by atoms with Crippen molar-refractivity contribution in [1.29, 1.82) is 0 Å². The third kappa shape index (κ3) is 3.93. The van der Waals surface area contributed by atoms with Gasteiger partial charge in [-0.05, 0) is 50.1 Å². The highest BCUT2D eigenvalue weighted by molar-refractivity contribution is 7.89. The molecule has 4 nitrogen and oxygen atoms in total. The van der Waals surface area contributed by atoms with Crippen molar-refractivity contribution in [3.05, 3.63) is 0 Å². The summed E-state index contributed by atoms with van der Waals surface area (Å²) in [5, 5.41) is 3.26. The Balaban J connectivity index is 1.77. The number of sulfonamides is 1. The summed E-state index contributed by atoms with van der Waals surface area (Å²) in [6.45, 7) is 4.71. The minimum Gasteiger partial charge on any atom is -0.317 e. The third-order valence-electron chi connectivity index (χ3n) is 4.19. The molecule has 0 aromatic heterocycles. The minimum absolute atomic E-state index is 0.223. The molecule has 17 heavy (non-hydrogen) atoms. The second-order valence-corrected chi connectivity index (χ2v) is 7.81. The van der Waals surface area contributed by atoms with E-state index >= 15 is 0 Å². The van der Waals surface area contributed by atoms with E-state index in [-0.39, 0.29) is 5.41 Å². The summed E-state index contributed by atoms with van der Waals surface area (Å²) in [4.78, 5) is 0. The molecule has 0 radical (unpaired) electrons. The Morgan fingerprint density at radius 3 is 2.47 bits per heavy atom. The Hall–Kier alpha value is -0.130. The monoisotopic (exact) mass is 260 g/mol. The van der Waals surface area contributed by atoms with Crippen LogP contribution in [-0.4, -0.2) is 33.8 Å². The number of nitrogens with one attached hydrogen (secondary N) is 2. The van der Waals surface area contributed by atoms with E-state index in [4.69, 9.17) is 0 Å². The van der Waals surface area contributed by atoms with E-state index in [1.165, 1.54) is 6.42 Å². The van der Waals surface area contributed by atoms with Crippen LogP contribution in [0.5, 0.6) is 0 Å². The van der Waals surface area contributed by atoms with E-state index in [2.05, 4.69) is 17.0 Å². The van der Waals surface area contributed by atoms with Crippen LogP contribution in [0, 0.1) is 11.3 Å². The molecule has 1 heterocycles. The van der Waals surface area contributed by atoms with Gasteiger partial charge in [0, 0.05) is 6.54 Å². The fourth-order valence-corrected chi connectivity index (χ4v) is 4.30. The van der Waals surface area contributed by atoms with Crippen LogP contribution in [0.2, 0.25) is 0 Å². The minimum atomic E-state index is -3.07. The molecular weight excluding hydrogens is 236 g/mol. The molecule has 0 amide bonds. The molecule has 0 spiro atoms. The van der Waals surface area contributed by atoms with Crippen LogP contribution in [0.25, 0.3) is 0 Å². The van der Waals surface area contributed by atoms with E-state index in [0.29, 0.717) is 18.2 Å². The third-order valence-corrected chi connectivity index (χ3v) is 5.69. The smallest absolute Gasteiger partial charge is 0.211 e. The lowest BCUT2D eigenvalue weighted by Crippen LogP contribution is -2.42. The molecule has 5 heteroatoms. The van der Waals surface area contributed by atoms with Crippen molar-refractivity contribution in [2.75, 3.05) is 25.4 Å². The van der Waals surface area contributed by atoms with E-state index in [1.54, 1.807) is 0 Å². The predicted molar refractivity (Wildman–Crippen MR) is 69.3 cm³/mol. The molecule has 1 saturated heterocycles. The first-order valence-electron chi connectivity index (χ1n) is 6.67. The quantitative estimate of drug-likeness (QED) is 0.778. The lowest BCUT2D eigenvalue weighted by molar-refractivity contribution is 0.166. The zero-order valence-electron chi connectivity index (χ0n) is 10.7. The summed E-state index contributed by atoms with van der Waals surface area (Å²) in [5.74, 6) is 0.646. The van der Waals surface area contributed by atoms with Gasteiger partial charge in [0.05, 0.1) is 5.75 Å². The second kappa shape index (κ2) is 5.24. The van der Waals surface area contributed by atoms with E-state index in [0.717, 1.165) is 38.8 Å². The zero-order chi connectivity index (χ0) is 12.4. The standard InChI is InChI=1S/C12H24N2O2S/c1-12(5-2-6-12)10-14-17(15,16)9-11-3-7-13-8-4-11/h11,13-14H,2-10H2,1H3. The summed E-state index contributed by atoms with van der Waals surface area (Å²) in [7, 11) is -3.07. The fourth-order valence-electron chi connectivity index (χ4n) is 2.66. The molecule has 0 unspecified atom stereocenters. The van der Waals surface area contributed by atoms with Crippen LogP contribution in [0.15, 0.2) is 0 Å². The van der Waals surface area contributed by atoms with Crippen molar-refractivity contribution < 1.29 is 8.42 Å². The average molecular weight is 260 g/mol. The zero-order valence-corrected chi connectivity index (χ0v) is 11.5. The molecule has 0 bridgehead atoms. The maximum Gasteiger partial charge on any atom is 0.211 e. The number of rotatable bonds is 5. The van der Waals surface area contributed by atoms with Gasteiger partial charge in [-0.1, -0.05) is 13.3 Å². The van der Waals surface area contributed by atoms with Crippen LogP contribution in [0.3, 0.4) is 0 Å². The normalized spacial score (nSPS) is 25.5. The van der Waals surface area contributed by atoms with Gasteiger partial charge in [-0.3, -0.25) is 0 Å². The van der Waals surface area contributed by atoms with Crippen LogP contribution in [0.1, 0.15) is 39.0 Å². The molecule has 100 valence electrons. The first kappa shape index (κ1) is 13.3. The predicted octanol–water partition coefficient (Wildman–Crippen LogP) is 1.10. The van der Waals surface area contributed by atoms with Crippen LogP contribution in [-0.2, 0) is 10.0 Å². The molecule has 1 aliphatic heterocycles. The molecular formula is C12H24N2O2S. The maximum atomic E-state index is 12.0. The highest BCUT2D eigenvalue weighted by Gasteiger charge is 2.33. The number of piperidine rings is 1. The van der Waals surface area contributed by atoms with Crippen molar-refractivity contribution in [3.8, 4) is 0 Å². The molecule has 0 atom stereocenters. The Morgan fingerprint density at radius 1 is 1.29 bits per heavy atom. The molecule has 2 N–H and O–H groups in total. The van der Waals surface area contributed by atoms with E-state index < -0.39 is 10.0 Å². The molecule has 0 aromatic carbocycles. The largest absolute Gasteiger partial charge is 0.317 e. The van der Waals surface area contributed by atoms with Gasteiger partial charge in [-0.25, -0.2) is 13.1 Å². The summed E-state index contributed by atoms with van der Waals surface area (Å²) in [6, 6.07) is 0. The van der Waals surface area contributed by atoms with Crippen molar-refractivity contribution in [2.24, 2.45) is 11.3 Å². The van der Waals surface area contributed by atoms with Gasteiger partial charge >= 0.3 is 0 Å². The number of hydrogen-bond donors (Lipinski definition) is 2. The van der Waals surface area contributed by atoms with Gasteiger partial charge in [0.25, 0.3) is 0 Å². The van der Waals surface area contributed by atoms with Crippen molar-refractivity contribution in [3.63, 3.8) is 0 Å². The summed E-state index contributed by atoms with van der Waals surface area (Å²) in [6.07, 6.45) is 5.52. The lowest BCUT2D eigenvalue weighted by Gasteiger charge is -2.38. The Labute approximate surface area is 105 Å². The van der Waals surface area contributed by atoms with Crippen LogP contribution in [0.4, 0.5) is 0 Å². The van der Waals surface area contributed by atoms with E-state index in [9.17, 15) is 8.42 Å². The van der Waals surface area contributed by atoms with E-state index in [1.807, 2.05) is 0 Å². The first-order chi connectivity index (χ1) is 7.99. The van der Waals surface area contributed by atoms with Gasteiger partial charge < -0.3 is 5.32 Å². The van der Waals surface area contributed by atoms with Crippen molar-refractivity contribution in [2.45, 2.75) is 39.0 Å². The molecule has 0 aromatic rings. The highest BCUT2D eigenvalue weighted by atomic mass is 32.2. The molecule has 1 saturated carbocycles. The molecule has 2 rings (SSSR count). The van der Waals surface area contributed by atoms with Gasteiger partial charge in [0.2, 0.25) is 10.0 Å². The SMILES string of the molecule is CC1(CNS(=O)(=O)CC2CCNCC2)CCC1. The van der Waals surface area contributed by atoms with Gasteiger partial charge in [0.15, 0.2) is 0 Å². The summed E-state index contributed by atoms with van der Waals surface area (Å²) >= 11 is 0. The van der Waals surface area contributed by atoms with Gasteiger partial charge in [-0.15, -0.1) is 0 Å². The summed E-state index contributed by atoms with van der Waals surface area (Å²) < 4.78 is 26.7. The van der Waals surface area contributed by atoms with Gasteiger partial charge in [-0.2, -0.15) is 0 Å². The average Bonchev–Trinajstić information content (AvgIpc) is 2.25. The van der Waals surface area contributed by atoms with Crippen molar-refractivity contribution in [1.82, 2.24) is 10.0 Å². The van der Waals surface area contributed by atoms with Crippen molar-refractivity contribution >= 4 is 10.0 Å². The lowest BCUT2D eigenvalue weighted by atomic mass is 9.71. The fraction of sp³-hybridized carbons (Fsp3) is 1.00. The highest BCUT2D eigenvalue weighted by Crippen LogP contribution is 2.39. The second-order valence-electron chi connectivity index (χ2n) is 5.96. The Morgan fingerprint density at radius 2 is 1.94 bits per heavy atom. The summed E-state index contributed by atoms with van der Waals surface area (Å²) in [5.41, 5.74) is 0.223.